The molecule has 0 aliphatic rings. The summed E-state index contributed by atoms with van der Waals surface area (Å²) in [5, 5.41) is 30.6. The van der Waals surface area contributed by atoms with Crippen LogP contribution in [0.4, 0.5) is 14.9 Å². The number of ether oxygens (including phenoxy) is 1. The minimum absolute atomic E-state index is 0.352. The standard InChI is InChI=1S/C31H23ClFN5O3/c1-41-31(39)36-27-11-5-21(6-12-27)24-17-35-37(18-24)30(14-20-2-9-26(33)10-3-20)29-13-7-23(19-38(29)40)28-15-25(32)8-4-22(28)16-34/h2-13,15,17-19,30H,14H2,1H3,(H,36,39). The SMILES string of the molecule is COC(=O)Nc1ccc(-c2cnn(C(Cc3ccc(F)cc3)c3ccc(-c4cc(Cl)ccc4C#N)c[n+]3[O-])c2)cc1. The first-order chi connectivity index (χ1) is 19.8. The lowest BCUT2D eigenvalue weighted by atomic mass is 9.99. The first-order valence-electron chi connectivity index (χ1n) is 12.5. The van der Waals surface area contributed by atoms with E-state index in [4.69, 9.17) is 11.6 Å². The van der Waals surface area contributed by atoms with E-state index in [2.05, 4.69) is 21.2 Å². The molecule has 5 rings (SSSR count). The Labute approximate surface area is 240 Å². The number of anilines is 1. The Kier molecular flexibility index (Phi) is 7.94. The van der Waals surface area contributed by atoms with Crippen molar-refractivity contribution in [3.63, 3.8) is 0 Å². The second-order valence-corrected chi connectivity index (χ2v) is 9.66. The highest BCUT2D eigenvalue weighted by Crippen LogP contribution is 2.29. The Hall–Kier alpha value is -5.20. The first kappa shape index (κ1) is 27.4. The van der Waals surface area contributed by atoms with Crippen molar-refractivity contribution in [3.8, 4) is 28.3 Å². The van der Waals surface area contributed by atoms with E-state index in [9.17, 15) is 19.7 Å². The number of nitriles is 1. The van der Waals surface area contributed by atoms with Gasteiger partial charge in [-0.1, -0.05) is 35.9 Å². The monoisotopic (exact) mass is 567 g/mol. The Balaban J connectivity index is 1.51. The maximum Gasteiger partial charge on any atom is 0.411 e. The molecule has 0 aliphatic carbocycles. The molecule has 0 aliphatic heterocycles. The third kappa shape index (κ3) is 6.19. The molecule has 0 spiro atoms. The van der Waals surface area contributed by atoms with E-state index in [-0.39, 0.29) is 5.82 Å². The van der Waals surface area contributed by atoms with Gasteiger partial charge in [0.2, 0.25) is 5.69 Å². The highest BCUT2D eigenvalue weighted by Gasteiger charge is 2.25. The highest BCUT2D eigenvalue weighted by atomic mass is 35.5. The van der Waals surface area contributed by atoms with Gasteiger partial charge < -0.3 is 9.94 Å². The Morgan fingerprint density at radius 2 is 1.83 bits per heavy atom. The van der Waals surface area contributed by atoms with Crippen LogP contribution in [0.1, 0.15) is 22.9 Å². The van der Waals surface area contributed by atoms with Crippen LogP contribution >= 0.6 is 11.6 Å². The summed E-state index contributed by atoms with van der Waals surface area (Å²) >= 11 is 6.16. The van der Waals surface area contributed by atoms with Gasteiger partial charge in [0.1, 0.15) is 11.9 Å². The molecule has 8 nitrogen and oxygen atoms in total. The maximum absolute atomic E-state index is 13.6. The molecule has 0 fully saturated rings. The molecule has 1 unspecified atom stereocenters. The van der Waals surface area contributed by atoms with Gasteiger partial charge in [-0.25, -0.2) is 9.18 Å². The maximum atomic E-state index is 13.6. The zero-order chi connectivity index (χ0) is 28.9. The Morgan fingerprint density at radius 1 is 1.10 bits per heavy atom. The van der Waals surface area contributed by atoms with E-state index in [1.807, 2.05) is 18.3 Å². The molecule has 0 saturated carbocycles. The zero-order valence-corrected chi connectivity index (χ0v) is 22.5. The van der Waals surface area contributed by atoms with Gasteiger partial charge in [-0.2, -0.15) is 15.1 Å². The van der Waals surface area contributed by atoms with E-state index in [0.29, 0.717) is 39.5 Å². The van der Waals surface area contributed by atoms with Crippen LogP contribution in [0.15, 0.2) is 97.5 Å². The number of aromatic nitrogens is 3. The van der Waals surface area contributed by atoms with Gasteiger partial charge in [-0.3, -0.25) is 10.00 Å². The van der Waals surface area contributed by atoms with E-state index in [1.165, 1.54) is 25.4 Å². The third-order valence-corrected chi connectivity index (χ3v) is 6.85. The topological polar surface area (TPSA) is 107 Å². The summed E-state index contributed by atoms with van der Waals surface area (Å²) in [5.41, 5.74) is 4.95. The van der Waals surface area contributed by atoms with Crippen LogP contribution in [0, 0.1) is 22.4 Å². The number of benzene rings is 3. The van der Waals surface area contributed by atoms with Crippen molar-refractivity contribution < 1.29 is 18.7 Å². The van der Waals surface area contributed by atoms with Crippen molar-refractivity contribution in [1.29, 1.82) is 5.26 Å². The first-order valence-corrected chi connectivity index (χ1v) is 12.9. The number of carbonyl (C=O) groups is 1. The predicted molar refractivity (Wildman–Crippen MR) is 152 cm³/mol. The fourth-order valence-corrected chi connectivity index (χ4v) is 4.68. The number of nitrogens with zero attached hydrogens (tertiary/aromatic N) is 4. The van der Waals surface area contributed by atoms with E-state index in [0.717, 1.165) is 21.4 Å². The van der Waals surface area contributed by atoms with Gasteiger partial charge in [-0.05, 0) is 59.7 Å². The molecule has 2 aromatic heterocycles. The number of halogens is 2. The number of pyridine rings is 1. The predicted octanol–water partition coefficient (Wildman–Crippen LogP) is 6.53. The molecule has 10 heteroatoms. The number of hydrogen-bond acceptors (Lipinski definition) is 5. The van der Waals surface area contributed by atoms with Crippen LogP contribution in [-0.4, -0.2) is 23.0 Å². The van der Waals surface area contributed by atoms with Crippen LogP contribution in [0.25, 0.3) is 22.3 Å². The van der Waals surface area contributed by atoms with Gasteiger partial charge in [0.05, 0.1) is 24.9 Å². The average Bonchev–Trinajstić information content (AvgIpc) is 3.47. The Bertz CT molecular complexity index is 1750. The van der Waals surface area contributed by atoms with Gasteiger partial charge >= 0.3 is 6.09 Å². The molecule has 1 amide bonds. The summed E-state index contributed by atoms with van der Waals surface area (Å²) in [7, 11) is 1.29. The van der Waals surface area contributed by atoms with Crippen molar-refractivity contribution in [2.45, 2.75) is 12.5 Å². The van der Waals surface area contributed by atoms with Gasteiger partial charge in [0.15, 0.2) is 6.20 Å². The van der Waals surface area contributed by atoms with Crippen molar-refractivity contribution in [2.75, 3.05) is 12.4 Å². The van der Waals surface area contributed by atoms with Crippen LogP contribution in [0.3, 0.4) is 0 Å². The molecule has 5 aromatic rings. The van der Waals surface area contributed by atoms with Gasteiger partial charge in [-0.15, -0.1) is 0 Å². The summed E-state index contributed by atoms with van der Waals surface area (Å²) < 4.78 is 20.7. The van der Waals surface area contributed by atoms with Crippen LogP contribution < -0.4 is 10.0 Å². The minimum Gasteiger partial charge on any atom is -0.618 e. The normalized spacial score (nSPS) is 11.5. The highest BCUT2D eigenvalue weighted by molar-refractivity contribution is 6.30. The second-order valence-electron chi connectivity index (χ2n) is 9.22. The van der Waals surface area contributed by atoms with Crippen molar-refractivity contribution in [1.82, 2.24) is 9.78 Å². The van der Waals surface area contributed by atoms with E-state index in [1.54, 1.807) is 65.5 Å². The smallest absolute Gasteiger partial charge is 0.411 e. The van der Waals surface area contributed by atoms with Crippen LogP contribution in [0.5, 0.6) is 0 Å². The van der Waals surface area contributed by atoms with E-state index >= 15 is 0 Å². The summed E-state index contributed by atoms with van der Waals surface area (Å²) in [5.74, 6) is -0.352. The van der Waals surface area contributed by atoms with Crippen LogP contribution in [0.2, 0.25) is 5.02 Å². The average molecular weight is 568 g/mol. The van der Waals surface area contributed by atoms with Crippen molar-refractivity contribution in [2.24, 2.45) is 0 Å². The number of amides is 1. The van der Waals surface area contributed by atoms with E-state index < -0.39 is 12.1 Å². The lowest BCUT2D eigenvalue weighted by Gasteiger charge is -2.18. The number of rotatable bonds is 7. The van der Waals surface area contributed by atoms with Crippen LogP contribution in [-0.2, 0) is 11.2 Å². The third-order valence-electron chi connectivity index (χ3n) is 6.61. The number of nitrogens with one attached hydrogen (secondary N) is 1. The molecule has 2 heterocycles. The zero-order valence-electron chi connectivity index (χ0n) is 21.8. The summed E-state index contributed by atoms with van der Waals surface area (Å²) in [6, 6.07) is 23.2. The summed E-state index contributed by atoms with van der Waals surface area (Å²) in [4.78, 5) is 11.5. The van der Waals surface area contributed by atoms with Gasteiger partial charge in [0.25, 0.3) is 0 Å². The molecule has 0 radical (unpaired) electrons. The van der Waals surface area contributed by atoms with Crippen molar-refractivity contribution >= 4 is 23.4 Å². The quantitative estimate of drug-likeness (QED) is 0.178. The number of hydrogen-bond donors (Lipinski definition) is 1. The molecular formula is C31H23ClFN5O3. The lowest BCUT2D eigenvalue weighted by molar-refractivity contribution is -0.615. The number of methoxy groups -OCH3 is 1. The summed E-state index contributed by atoms with van der Waals surface area (Å²) in [6.07, 6.45) is 4.73. The number of carbonyl (C=O) groups excluding carboxylic acids is 1. The molecule has 0 bridgehead atoms. The second kappa shape index (κ2) is 11.9. The fourth-order valence-electron chi connectivity index (χ4n) is 4.51. The molecular weight excluding hydrogens is 545 g/mol. The minimum atomic E-state index is -0.564. The largest absolute Gasteiger partial charge is 0.618 e. The fraction of sp³-hybridized carbons (Fsp3) is 0.0968. The van der Waals surface area contributed by atoms with Gasteiger partial charge in [0, 0.05) is 46.1 Å². The molecule has 41 heavy (non-hydrogen) atoms. The summed E-state index contributed by atoms with van der Waals surface area (Å²) in [6.45, 7) is 0. The molecule has 204 valence electrons. The molecule has 1 atom stereocenters. The molecule has 1 N–H and O–H groups in total. The van der Waals surface area contributed by atoms with Crippen molar-refractivity contribution in [3.05, 3.63) is 130 Å². The molecule has 0 saturated heterocycles. The molecule has 3 aromatic carbocycles. The Morgan fingerprint density at radius 3 is 2.51 bits per heavy atom. The lowest BCUT2D eigenvalue weighted by Crippen LogP contribution is -2.36.